The fraction of sp³-hybridized carbons (Fsp3) is 0.409. The minimum atomic E-state index is -0.691. The van der Waals surface area contributed by atoms with Gasteiger partial charge in [0.25, 0.3) is 0 Å². The standard InChI is InChI=1S/C22H27NO3/c1-3-26-20-12-10-18(11-13-20)21(17-8-6-16(2)7-9-17)23-14-4-5-19(15-23)22(24)25/h6-13,19,21H,3-5,14-15H2,1-2H3,(H,24,25). The topological polar surface area (TPSA) is 49.8 Å². The molecular weight excluding hydrogens is 326 g/mol. The van der Waals surface area contributed by atoms with Gasteiger partial charge in [-0.25, -0.2) is 0 Å². The van der Waals surface area contributed by atoms with E-state index in [2.05, 4.69) is 48.2 Å². The average Bonchev–Trinajstić information content (AvgIpc) is 2.65. The first kappa shape index (κ1) is 18.5. The highest BCUT2D eigenvalue weighted by atomic mass is 16.5. The van der Waals surface area contributed by atoms with Crippen LogP contribution >= 0.6 is 0 Å². The fourth-order valence-electron chi connectivity index (χ4n) is 3.72. The van der Waals surface area contributed by atoms with E-state index in [1.54, 1.807) is 0 Å². The van der Waals surface area contributed by atoms with Crippen LogP contribution in [0.3, 0.4) is 0 Å². The molecule has 2 unspecified atom stereocenters. The molecule has 2 aromatic carbocycles. The van der Waals surface area contributed by atoms with Gasteiger partial charge in [-0.15, -0.1) is 0 Å². The lowest BCUT2D eigenvalue weighted by Gasteiger charge is -2.37. The zero-order valence-electron chi connectivity index (χ0n) is 15.5. The summed E-state index contributed by atoms with van der Waals surface area (Å²) in [5.41, 5.74) is 3.59. The lowest BCUT2D eigenvalue weighted by Crippen LogP contribution is -2.41. The van der Waals surface area contributed by atoms with E-state index in [-0.39, 0.29) is 12.0 Å². The molecule has 0 aliphatic carbocycles. The number of hydrogen-bond donors (Lipinski definition) is 1. The smallest absolute Gasteiger partial charge is 0.307 e. The summed E-state index contributed by atoms with van der Waals surface area (Å²) in [6.07, 6.45) is 1.67. The second kappa shape index (κ2) is 8.37. The number of carbonyl (C=O) groups is 1. The number of carboxylic acid groups (broad SMARTS) is 1. The summed E-state index contributed by atoms with van der Waals surface area (Å²) < 4.78 is 5.56. The van der Waals surface area contributed by atoms with E-state index in [4.69, 9.17) is 4.74 Å². The minimum absolute atomic E-state index is 0.0634. The van der Waals surface area contributed by atoms with Crippen LogP contribution in [0.2, 0.25) is 0 Å². The second-order valence-corrected chi connectivity index (χ2v) is 6.99. The molecule has 0 saturated carbocycles. The van der Waals surface area contributed by atoms with E-state index in [0.717, 1.165) is 25.1 Å². The Balaban J connectivity index is 1.93. The molecular formula is C22H27NO3. The number of benzene rings is 2. The van der Waals surface area contributed by atoms with E-state index in [1.165, 1.54) is 16.7 Å². The van der Waals surface area contributed by atoms with Crippen LogP contribution in [0.1, 0.15) is 42.5 Å². The third kappa shape index (κ3) is 4.25. The van der Waals surface area contributed by atoms with Crippen LogP contribution in [0, 0.1) is 12.8 Å². The summed E-state index contributed by atoms with van der Waals surface area (Å²) in [5.74, 6) is -0.121. The van der Waals surface area contributed by atoms with E-state index >= 15 is 0 Å². The van der Waals surface area contributed by atoms with Gasteiger partial charge in [0.2, 0.25) is 0 Å². The number of aryl methyl sites for hydroxylation is 1. The van der Waals surface area contributed by atoms with Gasteiger partial charge in [0.15, 0.2) is 0 Å². The van der Waals surface area contributed by atoms with E-state index in [0.29, 0.717) is 13.2 Å². The zero-order chi connectivity index (χ0) is 18.5. The molecule has 2 atom stereocenters. The van der Waals surface area contributed by atoms with Crippen molar-refractivity contribution in [1.82, 2.24) is 4.90 Å². The summed E-state index contributed by atoms with van der Waals surface area (Å²) in [7, 11) is 0. The Hall–Kier alpha value is -2.33. The van der Waals surface area contributed by atoms with Gasteiger partial charge in [-0.1, -0.05) is 42.0 Å². The van der Waals surface area contributed by atoms with Gasteiger partial charge in [0.1, 0.15) is 5.75 Å². The van der Waals surface area contributed by atoms with Gasteiger partial charge in [-0.05, 0) is 56.5 Å². The maximum Gasteiger partial charge on any atom is 0.307 e. The van der Waals surface area contributed by atoms with Gasteiger partial charge in [-0.3, -0.25) is 9.69 Å². The number of carboxylic acids is 1. The summed E-state index contributed by atoms with van der Waals surface area (Å²) in [5, 5.41) is 9.47. The Morgan fingerprint density at radius 2 is 1.77 bits per heavy atom. The van der Waals surface area contributed by atoms with E-state index in [9.17, 15) is 9.90 Å². The lowest BCUT2D eigenvalue weighted by molar-refractivity contribution is -0.143. The second-order valence-electron chi connectivity index (χ2n) is 6.99. The number of piperidine rings is 1. The number of aliphatic carboxylic acids is 1. The monoisotopic (exact) mass is 353 g/mol. The summed E-state index contributed by atoms with van der Waals surface area (Å²) in [6, 6.07) is 16.8. The van der Waals surface area contributed by atoms with Crippen LogP contribution in [0.4, 0.5) is 0 Å². The van der Waals surface area contributed by atoms with E-state index < -0.39 is 5.97 Å². The van der Waals surface area contributed by atoms with Gasteiger partial charge in [0, 0.05) is 6.54 Å². The van der Waals surface area contributed by atoms with Crippen LogP contribution in [0.25, 0.3) is 0 Å². The average molecular weight is 353 g/mol. The molecule has 1 aliphatic heterocycles. The van der Waals surface area contributed by atoms with Crippen molar-refractivity contribution in [3.63, 3.8) is 0 Å². The number of rotatable bonds is 6. The third-order valence-electron chi connectivity index (χ3n) is 5.07. The maximum atomic E-state index is 11.5. The molecule has 1 saturated heterocycles. The van der Waals surface area contributed by atoms with Crippen molar-refractivity contribution in [2.24, 2.45) is 5.92 Å². The zero-order valence-corrected chi connectivity index (χ0v) is 15.5. The van der Waals surface area contributed by atoms with Gasteiger partial charge >= 0.3 is 5.97 Å². The highest BCUT2D eigenvalue weighted by Gasteiger charge is 2.31. The van der Waals surface area contributed by atoms with Crippen molar-refractivity contribution in [1.29, 1.82) is 0 Å². The summed E-state index contributed by atoms with van der Waals surface area (Å²) in [4.78, 5) is 13.8. The molecule has 4 heteroatoms. The Bertz CT molecular complexity index is 724. The molecule has 2 aromatic rings. The molecule has 1 heterocycles. The van der Waals surface area contributed by atoms with Crippen LogP contribution in [-0.2, 0) is 4.79 Å². The Morgan fingerprint density at radius 3 is 2.35 bits per heavy atom. The molecule has 26 heavy (non-hydrogen) atoms. The SMILES string of the molecule is CCOc1ccc(C(c2ccc(C)cc2)N2CCCC(C(=O)O)C2)cc1. The fourth-order valence-corrected chi connectivity index (χ4v) is 3.72. The minimum Gasteiger partial charge on any atom is -0.494 e. The molecule has 138 valence electrons. The predicted octanol–water partition coefficient (Wildman–Crippen LogP) is 4.28. The first-order valence-electron chi connectivity index (χ1n) is 9.34. The van der Waals surface area contributed by atoms with Crippen molar-refractivity contribution in [2.45, 2.75) is 32.7 Å². The number of nitrogens with zero attached hydrogens (tertiary/aromatic N) is 1. The molecule has 1 N–H and O–H groups in total. The summed E-state index contributed by atoms with van der Waals surface area (Å²) >= 11 is 0. The number of ether oxygens (including phenoxy) is 1. The molecule has 0 radical (unpaired) electrons. The van der Waals surface area contributed by atoms with Crippen LogP contribution in [0.15, 0.2) is 48.5 Å². The molecule has 0 spiro atoms. The molecule has 0 aromatic heterocycles. The molecule has 1 aliphatic rings. The normalized spacial score (nSPS) is 19.1. The molecule has 3 rings (SSSR count). The molecule has 0 bridgehead atoms. The first-order valence-corrected chi connectivity index (χ1v) is 9.34. The Labute approximate surface area is 155 Å². The summed E-state index contributed by atoms with van der Waals surface area (Å²) in [6.45, 7) is 6.20. The quantitative estimate of drug-likeness (QED) is 0.842. The van der Waals surface area contributed by atoms with Gasteiger partial charge in [-0.2, -0.15) is 0 Å². The van der Waals surface area contributed by atoms with Crippen molar-refractivity contribution in [3.8, 4) is 5.75 Å². The Kier molecular flexibility index (Phi) is 5.94. The van der Waals surface area contributed by atoms with Crippen molar-refractivity contribution in [2.75, 3.05) is 19.7 Å². The highest BCUT2D eigenvalue weighted by molar-refractivity contribution is 5.70. The Morgan fingerprint density at radius 1 is 1.15 bits per heavy atom. The number of hydrogen-bond acceptors (Lipinski definition) is 3. The van der Waals surface area contributed by atoms with Crippen molar-refractivity contribution in [3.05, 3.63) is 65.2 Å². The first-order chi connectivity index (χ1) is 12.6. The van der Waals surface area contributed by atoms with Crippen LogP contribution in [0.5, 0.6) is 5.75 Å². The highest BCUT2D eigenvalue weighted by Crippen LogP contribution is 2.33. The molecule has 1 fully saturated rings. The van der Waals surface area contributed by atoms with Gasteiger partial charge < -0.3 is 9.84 Å². The number of likely N-dealkylation sites (tertiary alicyclic amines) is 1. The largest absolute Gasteiger partial charge is 0.494 e. The predicted molar refractivity (Wildman–Crippen MR) is 103 cm³/mol. The van der Waals surface area contributed by atoms with E-state index in [1.807, 2.05) is 19.1 Å². The molecule has 0 amide bonds. The molecule has 4 nitrogen and oxygen atoms in total. The third-order valence-corrected chi connectivity index (χ3v) is 5.07. The van der Waals surface area contributed by atoms with Gasteiger partial charge in [0.05, 0.1) is 18.6 Å². The van der Waals surface area contributed by atoms with Crippen LogP contribution in [-0.4, -0.2) is 35.7 Å². The van der Waals surface area contributed by atoms with Crippen LogP contribution < -0.4 is 4.74 Å². The van der Waals surface area contributed by atoms with Crippen molar-refractivity contribution >= 4 is 5.97 Å². The lowest BCUT2D eigenvalue weighted by atomic mass is 9.91. The maximum absolute atomic E-state index is 11.5. The van der Waals surface area contributed by atoms with Crippen molar-refractivity contribution < 1.29 is 14.6 Å².